The Morgan fingerprint density at radius 1 is 1.14 bits per heavy atom. The number of nitrogens with one attached hydrogen (secondary N) is 1. The molecule has 0 aliphatic rings. The van der Waals surface area contributed by atoms with Crippen molar-refractivity contribution in [2.24, 2.45) is 0 Å². The van der Waals surface area contributed by atoms with Gasteiger partial charge in [0, 0.05) is 16.1 Å². The second kappa shape index (κ2) is 7.66. The molecule has 1 N–H and O–H groups in total. The molecule has 0 unspecified atom stereocenters. The van der Waals surface area contributed by atoms with Crippen LogP contribution in [0.25, 0.3) is 0 Å². The van der Waals surface area contributed by atoms with Gasteiger partial charge in [0.1, 0.15) is 0 Å². The van der Waals surface area contributed by atoms with E-state index in [1.807, 2.05) is 49.4 Å². The molecular weight excluding hydrogens is 298 g/mol. The van der Waals surface area contributed by atoms with Crippen molar-refractivity contribution in [2.75, 3.05) is 18.2 Å². The number of aryl methyl sites for hydroxylation is 1. The summed E-state index contributed by atoms with van der Waals surface area (Å²) in [6.45, 7) is 1.90. The quantitative estimate of drug-likeness (QED) is 0.677. The lowest BCUT2D eigenvalue weighted by Crippen LogP contribution is -2.13. The molecule has 0 spiro atoms. The SMILES string of the molecule is COC(=O)CSc1cccc(NC(=O)c2ccccc2C)c1. The molecule has 2 aromatic rings. The van der Waals surface area contributed by atoms with Crippen LogP contribution in [0.3, 0.4) is 0 Å². The molecule has 1 amide bonds. The van der Waals surface area contributed by atoms with Crippen molar-refractivity contribution in [3.05, 3.63) is 59.7 Å². The largest absolute Gasteiger partial charge is 0.468 e. The van der Waals surface area contributed by atoms with Gasteiger partial charge in [-0.15, -0.1) is 11.8 Å². The standard InChI is InChI=1S/C17H17NO3S/c1-12-6-3-4-9-15(12)17(20)18-13-7-5-8-14(10-13)22-11-16(19)21-2/h3-10H,11H2,1-2H3,(H,18,20). The lowest BCUT2D eigenvalue weighted by atomic mass is 10.1. The molecule has 0 radical (unpaired) electrons. The number of methoxy groups -OCH3 is 1. The van der Waals surface area contributed by atoms with Crippen molar-refractivity contribution >= 4 is 29.3 Å². The molecule has 0 aliphatic heterocycles. The monoisotopic (exact) mass is 315 g/mol. The van der Waals surface area contributed by atoms with Gasteiger partial charge in [-0.25, -0.2) is 0 Å². The highest BCUT2D eigenvalue weighted by atomic mass is 32.2. The van der Waals surface area contributed by atoms with Crippen LogP contribution in [0.2, 0.25) is 0 Å². The number of hydrogen-bond acceptors (Lipinski definition) is 4. The van der Waals surface area contributed by atoms with E-state index >= 15 is 0 Å². The van der Waals surface area contributed by atoms with Crippen LogP contribution in [0.5, 0.6) is 0 Å². The van der Waals surface area contributed by atoms with Crippen molar-refractivity contribution in [3.63, 3.8) is 0 Å². The fourth-order valence-electron chi connectivity index (χ4n) is 1.89. The minimum Gasteiger partial charge on any atom is -0.468 e. The number of rotatable bonds is 5. The summed E-state index contributed by atoms with van der Waals surface area (Å²) in [5.41, 5.74) is 2.27. The zero-order chi connectivity index (χ0) is 15.9. The summed E-state index contributed by atoms with van der Waals surface area (Å²) in [6.07, 6.45) is 0. The summed E-state index contributed by atoms with van der Waals surface area (Å²) in [5, 5.41) is 2.87. The zero-order valence-electron chi connectivity index (χ0n) is 12.5. The van der Waals surface area contributed by atoms with E-state index in [9.17, 15) is 9.59 Å². The molecule has 2 rings (SSSR count). The van der Waals surface area contributed by atoms with Crippen LogP contribution >= 0.6 is 11.8 Å². The third kappa shape index (κ3) is 4.36. The van der Waals surface area contributed by atoms with Crippen molar-refractivity contribution < 1.29 is 14.3 Å². The number of carbonyl (C=O) groups excluding carboxylic acids is 2. The Labute approximate surface area is 133 Å². The van der Waals surface area contributed by atoms with Crippen LogP contribution in [0.15, 0.2) is 53.4 Å². The molecular formula is C17H17NO3S. The Morgan fingerprint density at radius 2 is 1.91 bits per heavy atom. The first-order valence-electron chi connectivity index (χ1n) is 6.77. The molecule has 4 nitrogen and oxygen atoms in total. The number of esters is 1. The van der Waals surface area contributed by atoms with Gasteiger partial charge in [-0.3, -0.25) is 9.59 Å². The number of amides is 1. The average Bonchev–Trinajstić information content (AvgIpc) is 2.53. The molecule has 0 atom stereocenters. The molecule has 0 saturated heterocycles. The third-order valence-corrected chi connectivity index (χ3v) is 4.03. The van der Waals surface area contributed by atoms with Crippen LogP contribution in [-0.4, -0.2) is 24.7 Å². The Hall–Kier alpha value is -2.27. The highest BCUT2D eigenvalue weighted by Crippen LogP contribution is 2.22. The third-order valence-electron chi connectivity index (χ3n) is 3.07. The molecule has 0 saturated carbocycles. The summed E-state index contributed by atoms with van der Waals surface area (Å²) in [6, 6.07) is 14.8. The molecule has 22 heavy (non-hydrogen) atoms. The number of thioether (sulfide) groups is 1. The molecule has 0 aliphatic carbocycles. The van der Waals surface area contributed by atoms with Crippen LogP contribution in [-0.2, 0) is 9.53 Å². The minimum atomic E-state index is -0.278. The van der Waals surface area contributed by atoms with E-state index < -0.39 is 0 Å². The predicted molar refractivity (Wildman–Crippen MR) is 88.3 cm³/mol. The number of ether oxygens (including phenoxy) is 1. The van der Waals surface area contributed by atoms with Gasteiger partial charge in [-0.05, 0) is 36.8 Å². The van der Waals surface area contributed by atoms with E-state index in [1.165, 1.54) is 18.9 Å². The fourth-order valence-corrected chi connectivity index (χ4v) is 2.68. The number of benzene rings is 2. The van der Waals surface area contributed by atoms with Gasteiger partial charge in [0.25, 0.3) is 5.91 Å². The molecule has 5 heteroatoms. The van der Waals surface area contributed by atoms with Crippen LogP contribution < -0.4 is 5.32 Å². The first-order chi connectivity index (χ1) is 10.6. The molecule has 0 heterocycles. The van der Waals surface area contributed by atoms with Crippen molar-refractivity contribution in [3.8, 4) is 0 Å². The van der Waals surface area contributed by atoms with Gasteiger partial charge in [0.05, 0.1) is 12.9 Å². The normalized spacial score (nSPS) is 10.1. The Kier molecular flexibility index (Phi) is 5.61. The van der Waals surface area contributed by atoms with Gasteiger partial charge >= 0.3 is 5.97 Å². The first kappa shape index (κ1) is 16.1. The molecule has 0 aromatic heterocycles. The predicted octanol–water partition coefficient (Wildman–Crippen LogP) is 3.51. The van der Waals surface area contributed by atoms with Gasteiger partial charge in [-0.2, -0.15) is 0 Å². The van der Waals surface area contributed by atoms with Crippen LogP contribution in [0.4, 0.5) is 5.69 Å². The van der Waals surface area contributed by atoms with Gasteiger partial charge in [-0.1, -0.05) is 24.3 Å². The number of hydrogen-bond donors (Lipinski definition) is 1. The summed E-state index contributed by atoms with van der Waals surface area (Å²) in [7, 11) is 1.36. The van der Waals surface area contributed by atoms with Crippen molar-refractivity contribution in [1.29, 1.82) is 0 Å². The topological polar surface area (TPSA) is 55.4 Å². The minimum absolute atomic E-state index is 0.145. The highest BCUT2D eigenvalue weighted by Gasteiger charge is 2.09. The Morgan fingerprint density at radius 3 is 2.64 bits per heavy atom. The van der Waals surface area contributed by atoms with Gasteiger partial charge in [0.2, 0.25) is 0 Å². The van der Waals surface area contributed by atoms with E-state index in [1.54, 1.807) is 6.07 Å². The van der Waals surface area contributed by atoms with E-state index in [4.69, 9.17) is 0 Å². The maximum absolute atomic E-state index is 12.3. The summed E-state index contributed by atoms with van der Waals surface area (Å²) in [4.78, 5) is 24.3. The molecule has 0 fully saturated rings. The van der Waals surface area contributed by atoms with E-state index in [0.29, 0.717) is 11.3 Å². The summed E-state index contributed by atoms with van der Waals surface area (Å²) < 4.78 is 4.61. The highest BCUT2D eigenvalue weighted by molar-refractivity contribution is 8.00. The fraction of sp³-hybridized carbons (Fsp3) is 0.176. The maximum Gasteiger partial charge on any atom is 0.315 e. The summed E-state index contributed by atoms with van der Waals surface area (Å²) in [5.74, 6) is -0.182. The summed E-state index contributed by atoms with van der Waals surface area (Å²) >= 11 is 1.37. The van der Waals surface area contributed by atoms with E-state index in [2.05, 4.69) is 10.1 Å². The zero-order valence-corrected chi connectivity index (χ0v) is 13.3. The second-order valence-electron chi connectivity index (χ2n) is 4.66. The second-order valence-corrected chi connectivity index (χ2v) is 5.71. The number of anilines is 1. The van der Waals surface area contributed by atoms with E-state index in [0.717, 1.165) is 10.5 Å². The Balaban J connectivity index is 2.05. The van der Waals surface area contributed by atoms with Gasteiger partial charge in [0.15, 0.2) is 0 Å². The number of carbonyl (C=O) groups is 2. The molecule has 114 valence electrons. The van der Waals surface area contributed by atoms with E-state index in [-0.39, 0.29) is 17.6 Å². The lowest BCUT2D eigenvalue weighted by Gasteiger charge is -2.09. The smallest absolute Gasteiger partial charge is 0.315 e. The Bertz CT molecular complexity index is 685. The lowest BCUT2D eigenvalue weighted by molar-refractivity contribution is -0.137. The van der Waals surface area contributed by atoms with Crippen molar-refractivity contribution in [2.45, 2.75) is 11.8 Å². The van der Waals surface area contributed by atoms with Crippen molar-refractivity contribution in [1.82, 2.24) is 0 Å². The van der Waals surface area contributed by atoms with Crippen LogP contribution in [0.1, 0.15) is 15.9 Å². The average molecular weight is 315 g/mol. The maximum atomic E-state index is 12.3. The van der Waals surface area contributed by atoms with Gasteiger partial charge < -0.3 is 10.1 Å². The molecule has 0 bridgehead atoms. The van der Waals surface area contributed by atoms with Crippen LogP contribution in [0, 0.1) is 6.92 Å². The first-order valence-corrected chi connectivity index (χ1v) is 7.75. The molecule has 2 aromatic carbocycles.